The van der Waals surface area contributed by atoms with E-state index in [4.69, 9.17) is 5.73 Å². The summed E-state index contributed by atoms with van der Waals surface area (Å²) in [4.78, 5) is 18.9. The molecule has 0 aliphatic carbocycles. The number of hydrogen-bond acceptors (Lipinski definition) is 3. The zero-order valence-corrected chi connectivity index (χ0v) is 14.0. The summed E-state index contributed by atoms with van der Waals surface area (Å²) in [5.74, 6) is 0.228. The lowest BCUT2D eigenvalue weighted by atomic mass is 9.79. The normalized spacial score (nSPS) is 20.7. The van der Waals surface area contributed by atoms with E-state index >= 15 is 0 Å². The molecule has 1 atom stereocenters. The zero-order valence-electron chi connectivity index (χ0n) is 14.0. The third-order valence-electron chi connectivity index (χ3n) is 5.01. The standard InChI is InChI=1S/C19H25N3O/c1-19(2)13-22(12-10-17(19)20)18(23)8-7-14-9-11-21-16-6-4-3-5-15(14)16/h3-6,9,11,17H,7-8,10,12-13,20H2,1-2H3. The number of aromatic nitrogens is 1. The van der Waals surface area contributed by atoms with Gasteiger partial charge in [0.05, 0.1) is 5.52 Å². The lowest BCUT2D eigenvalue weighted by Gasteiger charge is -2.42. The van der Waals surface area contributed by atoms with Gasteiger partial charge in [0.15, 0.2) is 0 Å². The summed E-state index contributed by atoms with van der Waals surface area (Å²) in [7, 11) is 0. The number of carbonyl (C=O) groups excluding carboxylic acids is 1. The van der Waals surface area contributed by atoms with Gasteiger partial charge in [-0.1, -0.05) is 32.0 Å². The van der Waals surface area contributed by atoms with E-state index < -0.39 is 0 Å². The van der Waals surface area contributed by atoms with Gasteiger partial charge in [0.2, 0.25) is 5.91 Å². The first kappa shape index (κ1) is 15.9. The molecule has 3 rings (SSSR count). The van der Waals surface area contributed by atoms with Crippen LogP contribution in [0.3, 0.4) is 0 Å². The number of rotatable bonds is 3. The average molecular weight is 311 g/mol. The molecule has 0 spiro atoms. The Morgan fingerprint density at radius 3 is 2.91 bits per heavy atom. The Hall–Kier alpha value is -1.94. The SMILES string of the molecule is CC1(C)CN(C(=O)CCc2ccnc3ccccc23)CCC1N. The Labute approximate surface area is 137 Å². The minimum Gasteiger partial charge on any atom is -0.342 e. The number of piperidine rings is 1. The van der Waals surface area contributed by atoms with Crippen LogP contribution in [0.1, 0.15) is 32.3 Å². The van der Waals surface area contributed by atoms with Crippen LogP contribution >= 0.6 is 0 Å². The Kier molecular flexibility index (Phi) is 4.35. The molecule has 2 aromatic rings. The third kappa shape index (κ3) is 3.37. The summed E-state index contributed by atoms with van der Waals surface area (Å²) in [6.07, 6.45) is 4.01. The summed E-state index contributed by atoms with van der Waals surface area (Å²) in [6, 6.07) is 10.3. The summed E-state index contributed by atoms with van der Waals surface area (Å²) >= 11 is 0. The van der Waals surface area contributed by atoms with Crippen LogP contribution in [0.5, 0.6) is 0 Å². The number of benzene rings is 1. The van der Waals surface area contributed by atoms with Gasteiger partial charge in [0.1, 0.15) is 0 Å². The van der Waals surface area contributed by atoms with Gasteiger partial charge in [-0.05, 0) is 36.0 Å². The third-order valence-corrected chi connectivity index (χ3v) is 5.01. The quantitative estimate of drug-likeness (QED) is 0.948. The van der Waals surface area contributed by atoms with Crippen molar-refractivity contribution in [3.63, 3.8) is 0 Å². The van der Waals surface area contributed by atoms with Gasteiger partial charge in [-0.2, -0.15) is 0 Å². The summed E-state index contributed by atoms with van der Waals surface area (Å²) < 4.78 is 0. The van der Waals surface area contributed by atoms with Crippen LogP contribution in [0.25, 0.3) is 10.9 Å². The van der Waals surface area contributed by atoms with Crippen molar-refractivity contribution in [2.45, 2.75) is 39.2 Å². The van der Waals surface area contributed by atoms with Crippen molar-refractivity contribution in [1.29, 1.82) is 0 Å². The molecule has 2 heterocycles. The Bertz CT molecular complexity index is 705. The Morgan fingerprint density at radius 2 is 2.13 bits per heavy atom. The fourth-order valence-electron chi connectivity index (χ4n) is 3.36. The highest BCUT2D eigenvalue weighted by Crippen LogP contribution is 2.28. The average Bonchev–Trinajstić information content (AvgIpc) is 2.55. The number of para-hydroxylation sites is 1. The van der Waals surface area contributed by atoms with Crippen LogP contribution in [-0.4, -0.2) is 34.9 Å². The van der Waals surface area contributed by atoms with Crippen molar-refractivity contribution >= 4 is 16.8 Å². The molecule has 1 saturated heterocycles. The molecule has 122 valence electrons. The van der Waals surface area contributed by atoms with E-state index in [0.29, 0.717) is 6.42 Å². The first-order valence-corrected chi connectivity index (χ1v) is 8.33. The fourth-order valence-corrected chi connectivity index (χ4v) is 3.36. The number of likely N-dealkylation sites (tertiary alicyclic amines) is 1. The molecular weight excluding hydrogens is 286 g/mol. The van der Waals surface area contributed by atoms with E-state index in [9.17, 15) is 4.79 Å². The van der Waals surface area contributed by atoms with Crippen molar-refractivity contribution in [1.82, 2.24) is 9.88 Å². The number of fused-ring (bicyclic) bond motifs is 1. The molecule has 23 heavy (non-hydrogen) atoms. The Balaban J connectivity index is 1.67. The molecule has 1 amide bonds. The van der Waals surface area contributed by atoms with E-state index in [0.717, 1.165) is 36.8 Å². The minimum atomic E-state index is -0.00270. The van der Waals surface area contributed by atoms with Crippen molar-refractivity contribution in [3.05, 3.63) is 42.1 Å². The number of amides is 1. The molecular formula is C19H25N3O. The highest BCUT2D eigenvalue weighted by atomic mass is 16.2. The largest absolute Gasteiger partial charge is 0.342 e. The molecule has 1 aromatic carbocycles. The van der Waals surface area contributed by atoms with Gasteiger partial charge >= 0.3 is 0 Å². The number of carbonyl (C=O) groups is 1. The smallest absolute Gasteiger partial charge is 0.222 e. The lowest BCUT2D eigenvalue weighted by molar-refractivity contribution is -0.134. The highest BCUT2D eigenvalue weighted by molar-refractivity contribution is 5.83. The monoisotopic (exact) mass is 311 g/mol. The Morgan fingerprint density at radius 1 is 1.35 bits per heavy atom. The maximum atomic E-state index is 12.6. The van der Waals surface area contributed by atoms with Crippen LogP contribution in [0.4, 0.5) is 0 Å². The second kappa shape index (κ2) is 6.28. The van der Waals surface area contributed by atoms with Crippen LogP contribution in [-0.2, 0) is 11.2 Å². The summed E-state index contributed by atoms with van der Waals surface area (Å²) in [6.45, 7) is 5.82. The summed E-state index contributed by atoms with van der Waals surface area (Å²) in [5, 5.41) is 1.14. The van der Waals surface area contributed by atoms with Gasteiger partial charge in [0.25, 0.3) is 0 Å². The second-order valence-corrected chi connectivity index (χ2v) is 7.19. The number of aryl methyl sites for hydroxylation is 1. The number of hydrogen-bond donors (Lipinski definition) is 1. The van der Waals surface area contributed by atoms with Gasteiger partial charge in [-0.15, -0.1) is 0 Å². The van der Waals surface area contributed by atoms with Crippen LogP contribution < -0.4 is 5.73 Å². The van der Waals surface area contributed by atoms with Crippen LogP contribution in [0.2, 0.25) is 0 Å². The van der Waals surface area contributed by atoms with E-state index in [1.807, 2.05) is 35.4 Å². The number of nitrogens with two attached hydrogens (primary N) is 1. The van der Waals surface area contributed by atoms with E-state index in [1.165, 1.54) is 5.56 Å². The van der Waals surface area contributed by atoms with Crippen LogP contribution in [0.15, 0.2) is 36.5 Å². The topological polar surface area (TPSA) is 59.2 Å². The molecule has 4 heteroatoms. The number of pyridine rings is 1. The molecule has 2 N–H and O–H groups in total. The van der Waals surface area contributed by atoms with Gasteiger partial charge in [-0.3, -0.25) is 9.78 Å². The predicted octanol–water partition coefficient (Wildman–Crippen LogP) is 2.75. The zero-order chi connectivity index (χ0) is 16.4. The number of nitrogens with zero attached hydrogens (tertiary/aromatic N) is 2. The molecule has 4 nitrogen and oxygen atoms in total. The summed E-state index contributed by atoms with van der Waals surface area (Å²) in [5.41, 5.74) is 8.33. The first-order chi connectivity index (χ1) is 11.0. The molecule has 1 aliphatic rings. The molecule has 1 aliphatic heterocycles. The van der Waals surface area contributed by atoms with Crippen molar-refractivity contribution in [3.8, 4) is 0 Å². The first-order valence-electron chi connectivity index (χ1n) is 8.33. The second-order valence-electron chi connectivity index (χ2n) is 7.19. The van der Waals surface area contributed by atoms with E-state index in [1.54, 1.807) is 0 Å². The van der Waals surface area contributed by atoms with Gasteiger partial charge < -0.3 is 10.6 Å². The molecule has 0 saturated carbocycles. The fraction of sp³-hybridized carbons (Fsp3) is 0.474. The highest BCUT2D eigenvalue weighted by Gasteiger charge is 2.35. The van der Waals surface area contributed by atoms with Gasteiger partial charge in [-0.25, -0.2) is 0 Å². The lowest BCUT2D eigenvalue weighted by Crippen LogP contribution is -2.54. The van der Waals surface area contributed by atoms with Gasteiger partial charge in [0, 0.05) is 37.1 Å². The van der Waals surface area contributed by atoms with E-state index in [-0.39, 0.29) is 17.4 Å². The molecule has 1 aromatic heterocycles. The molecule has 1 fully saturated rings. The predicted molar refractivity (Wildman–Crippen MR) is 93.0 cm³/mol. The maximum absolute atomic E-state index is 12.6. The van der Waals surface area contributed by atoms with Crippen molar-refractivity contribution < 1.29 is 4.79 Å². The maximum Gasteiger partial charge on any atom is 0.222 e. The van der Waals surface area contributed by atoms with E-state index in [2.05, 4.69) is 24.9 Å². The van der Waals surface area contributed by atoms with Crippen LogP contribution in [0, 0.1) is 5.41 Å². The van der Waals surface area contributed by atoms with Crippen molar-refractivity contribution in [2.24, 2.45) is 11.1 Å². The molecule has 1 unspecified atom stereocenters. The molecule has 0 bridgehead atoms. The minimum absolute atomic E-state index is 0.00270. The molecule has 0 radical (unpaired) electrons. The van der Waals surface area contributed by atoms with Crippen molar-refractivity contribution in [2.75, 3.05) is 13.1 Å².